The molecule has 1 saturated heterocycles. The molecule has 1 aromatic rings. The minimum atomic E-state index is -0.740. The van der Waals surface area contributed by atoms with Crippen LogP contribution in [0.5, 0.6) is 0 Å². The molecule has 104 valence electrons. The second-order valence-electron chi connectivity index (χ2n) is 5.26. The highest BCUT2D eigenvalue weighted by Gasteiger charge is 2.44. The monoisotopic (exact) mass is 281 g/mol. The molecule has 0 spiro atoms. The number of nitrogens with zero attached hydrogens (tertiary/aromatic N) is 1. The van der Waals surface area contributed by atoms with Gasteiger partial charge in [-0.1, -0.05) is 0 Å². The Morgan fingerprint density at radius 3 is 2.68 bits per heavy atom. The van der Waals surface area contributed by atoms with Gasteiger partial charge in [0.05, 0.1) is 18.1 Å². The summed E-state index contributed by atoms with van der Waals surface area (Å²) in [5.74, 6) is -0.536. The highest BCUT2D eigenvalue weighted by molar-refractivity contribution is 7.12. The van der Waals surface area contributed by atoms with Crippen LogP contribution in [0.2, 0.25) is 0 Å². The fraction of sp³-hybridized carbons (Fsp3) is 0.538. The van der Waals surface area contributed by atoms with Gasteiger partial charge in [0.15, 0.2) is 0 Å². The summed E-state index contributed by atoms with van der Waals surface area (Å²) in [6.07, 6.45) is 0. The van der Waals surface area contributed by atoms with Gasteiger partial charge in [0, 0.05) is 16.3 Å². The molecule has 1 aliphatic heterocycles. The van der Waals surface area contributed by atoms with Crippen LogP contribution in [0.15, 0.2) is 12.1 Å². The average molecular weight is 281 g/mol. The molecule has 6 heteroatoms. The number of nitrogens with two attached hydrogens (primary N) is 1. The molecule has 1 fully saturated rings. The number of aryl methyl sites for hydroxylation is 1. The number of nitrogens with one attached hydrogen (secondary N) is 1. The zero-order chi connectivity index (χ0) is 14.2. The van der Waals surface area contributed by atoms with Gasteiger partial charge in [-0.15, -0.1) is 11.3 Å². The molecule has 1 unspecified atom stereocenters. The maximum absolute atomic E-state index is 12.0. The minimum Gasteiger partial charge on any atom is -0.329 e. The summed E-state index contributed by atoms with van der Waals surface area (Å²) in [5, 5.41) is 2.38. The number of carbonyl (C=O) groups is 2. The highest BCUT2D eigenvalue weighted by Crippen LogP contribution is 2.33. The molecular weight excluding hydrogens is 262 g/mol. The fourth-order valence-corrected chi connectivity index (χ4v) is 3.33. The van der Waals surface area contributed by atoms with Crippen LogP contribution < -0.4 is 11.1 Å². The van der Waals surface area contributed by atoms with E-state index in [1.54, 1.807) is 11.3 Å². The fourth-order valence-electron chi connectivity index (χ4n) is 2.33. The third kappa shape index (κ3) is 2.56. The van der Waals surface area contributed by atoms with E-state index in [-0.39, 0.29) is 24.4 Å². The Bertz CT molecular complexity index is 510. The predicted octanol–water partition coefficient (Wildman–Crippen LogP) is 0.793. The van der Waals surface area contributed by atoms with Crippen molar-refractivity contribution >= 4 is 23.2 Å². The van der Waals surface area contributed by atoms with Crippen LogP contribution in [0.25, 0.3) is 0 Å². The van der Waals surface area contributed by atoms with Crippen LogP contribution in [-0.2, 0) is 9.59 Å². The molecule has 2 amide bonds. The Morgan fingerprint density at radius 2 is 2.16 bits per heavy atom. The Morgan fingerprint density at radius 1 is 1.47 bits per heavy atom. The second-order valence-corrected chi connectivity index (χ2v) is 6.58. The maximum atomic E-state index is 12.0. The summed E-state index contributed by atoms with van der Waals surface area (Å²) in [6.45, 7) is 6.23. The standard InChI is InChI=1S/C13H19N3O2S/c1-8-4-5-10(19-8)9(6-14)16-7-11(17)15-12(18)13(16,2)3/h4-5,9H,6-7,14H2,1-3H3,(H,15,17,18). The largest absolute Gasteiger partial charge is 0.329 e. The van der Waals surface area contributed by atoms with Crippen LogP contribution in [0.1, 0.15) is 29.6 Å². The number of carbonyl (C=O) groups excluding carboxylic acids is 2. The van der Waals surface area contributed by atoms with E-state index in [1.807, 2.05) is 37.8 Å². The van der Waals surface area contributed by atoms with E-state index >= 15 is 0 Å². The van der Waals surface area contributed by atoms with Gasteiger partial charge in [-0.05, 0) is 32.9 Å². The molecule has 3 N–H and O–H groups in total. The van der Waals surface area contributed by atoms with Gasteiger partial charge in [0.1, 0.15) is 0 Å². The van der Waals surface area contributed by atoms with Crippen molar-refractivity contribution in [3.05, 3.63) is 21.9 Å². The maximum Gasteiger partial charge on any atom is 0.246 e. The first kappa shape index (κ1) is 14.2. The third-order valence-electron chi connectivity index (χ3n) is 3.53. The number of thiophene rings is 1. The number of hydrogen-bond acceptors (Lipinski definition) is 5. The molecule has 1 atom stereocenters. The van der Waals surface area contributed by atoms with Crippen LogP contribution in [0, 0.1) is 6.92 Å². The number of rotatable bonds is 3. The van der Waals surface area contributed by atoms with Crippen LogP contribution in [-0.4, -0.2) is 35.3 Å². The Balaban J connectivity index is 2.35. The molecule has 0 aliphatic carbocycles. The third-order valence-corrected chi connectivity index (χ3v) is 4.63. The normalized spacial score (nSPS) is 21.3. The highest BCUT2D eigenvalue weighted by atomic mass is 32.1. The van der Waals surface area contributed by atoms with E-state index in [2.05, 4.69) is 5.32 Å². The average Bonchev–Trinajstić information content (AvgIpc) is 2.73. The van der Waals surface area contributed by atoms with E-state index in [0.717, 1.165) is 4.88 Å². The smallest absolute Gasteiger partial charge is 0.246 e. The van der Waals surface area contributed by atoms with Crippen molar-refractivity contribution in [2.75, 3.05) is 13.1 Å². The topological polar surface area (TPSA) is 75.4 Å². The van der Waals surface area contributed by atoms with Gasteiger partial charge in [-0.3, -0.25) is 19.8 Å². The SMILES string of the molecule is Cc1ccc(C(CN)N2CC(=O)NC(=O)C2(C)C)s1. The van der Waals surface area contributed by atoms with Crippen molar-refractivity contribution < 1.29 is 9.59 Å². The van der Waals surface area contributed by atoms with Crippen molar-refractivity contribution in [2.45, 2.75) is 32.4 Å². The summed E-state index contributed by atoms with van der Waals surface area (Å²) < 4.78 is 0. The summed E-state index contributed by atoms with van der Waals surface area (Å²) >= 11 is 1.65. The number of imide groups is 1. The summed E-state index contributed by atoms with van der Waals surface area (Å²) in [6, 6.07) is 3.94. The molecule has 1 aromatic heterocycles. The van der Waals surface area contributed by atoms with E-state index in [0.29, 0.717) is 6.54 Å². The lowest BCUT2D eigenvalue weighted by Crippen LogP contribution is -2.65. The predicted molar refractivity (Wildman–Crippen MR) is 74.8 cm³/mol. The molecule has 0 bridgehead atoms. The zero-order valence-electron chi connectivity index (χ0n) is 11.4. The summed E-state index contributed by atoms with van der Waals surface area (Å²) in [4.78, 5) is 27.8. The van der Waals surface area contributed by atoms with E-state index < -0.39 is 5.54 Å². The minimum absolute atomic E-state index is 0.108. The molecular formula is C13H19N3O2S. The van der Waals surface area contributed by atoms with Crippen molar-refractivity contribution in [3.63, 3.8) is 0 Å². The Hall–Kier alpha value is -1.24. The van der Waals surface area contributed by atoms with Gasteiger partial charge >= 0.3 is 0 Å². The molecule has 0 aromatic carbocycles. The van der Waals surface area contributed by atoms with Gasteiger partial charge in [-0.25, -0.2) is 0 Å². The number of piperazine rings is 1. The van der Waals surface area contributed by atoms with Crippen LogP contribution in [0.3, 0.4) is 0 Å². The van der Waals surface area contributed by atoms with Crippen molar-refractivity contribution in [2.24, 2.45) is 5.73 Å². The van der Waals surface area contributed by atoms with E-state index in [9.17, 15) is 9.59 Å². The molecule has 2 heterocycles. The summed E-state index contributed by atoms with van der Waals surface area (Å²) in [7, 11) is 0. The molecule has 5 nitrogen and oxygen atoms in total. The summed E-state index contributed by atoms with van der Waals surface area (Å²) in [5.41, 5.74) is 5.14. The lowest BCUT2D eigenvalue weighted by molar-refractivity contribution is -0.147. The van der Waals surface area contributed by atoms with Crippen LogP contribution >= 0.6 is 11.3 Å². The number of hydrogen-bond donors (Lipinski definition) is 2. The second kappa shape index (κ2) is 5.03. The molecule has 19 heavy (non-hydrogen) atoms. The van der Waals surface area contributed by atoms with Crippen molar-refractivity contribution in [1.82, 2.24) is 10.2 Å². The molecule has 2 rings (SSSR count). The first-order valence-electron chi connectivity index (χ1n) is 6.23. The van der Waals surface area contributed by atoms with Crippen molar-refractivity contribution in [3.8, 4) is 0 Å². The van der Waals surface area contributed by atoms with Gasteiger partial charge in [0.2, 0.25) is 11.8 Å². The first-order chi connectivity index (χ1) is 8.86. The lowest BCUT2D eigenvalue weighted by Gasteiger charge is -2.44. The molecule has 0 radical (unpaired) electrons. The van der Waals surface area contributed by atoms with Crippen molar-refractivity contribution in [1.29, 1.82) is 0 Å². The van der Waals surface area contributed by atoms with Crippen LogP contribution in [0.4, 0.5) is 0 Å². The van der Waals surface area contributed by atoms with E-state index in [1.165, 1.54) is 4.88 Å². The lowest BCUT2D eigenvalue weighted by atomic mass is 9.95. The van der Waals surface area contributed by atoms with Gasteiger partial charge < -0.3 is 5.73 Å². The van der Waals surface area contributed by atoms with Gasteiger partial charge in [-0.2, -0.15) is 0 Å². The zero-order valence-corrected chi connectivity index (χ0v) is 12.2. The van der Waals surface area contributed by atoms with E-state index in [4.69, 9.17) is 5.73 Å². The quantitative estimate of drug-likeness (QED) is 0.803. The first-order valence-corrected chi connectivity index (χ1v) is 7.05. The van der Waals surface area contributed by atoms with Gasteiger partial charge in [0.25, 0.3) is 0 Å². The Kier molecular flexibility index (Phi) is 3.75. The Labute approximate surface area is 116 Å². The number of amides is 2. The molecule has 1 aliphatic rings. The molecule has 0 saturated carbocycles.